The molecule has 2 rings (SSSR count). The summed E-state index contributed by atoms with van der Waals surface area (Å²) in [6, 6.07) is 1.61. The van der Waals surface area contributed by atoms with Crippen LogP contribution in [0.4, 0.5) is 0 Å². The molecule has 2 heterocycles. The summed E-state index contributed by atoms with van der Waals surface area (Å²) in [5.41, 5.74) is 1.76. The van der Waals surface area contributed by atoms with Crippen molar-refractivity contribution in [3.63, 3.8) is 0 Å². The van der Waals surface area contributed by atoms with Crippen molar-refractivity contribution < 1.29 is 4.74 Å². The molecule has 0 fully saturated rings. The molecule has 0 saturated carbocycles. The molecule has 0 unspecified atom stereocenters. The van der Waals surface area contributed by atoms with Crippen molar-refractivity contribution in [1.82, 2.24) is 19.7 Å². The highest BCUT2D eigenvalue weighted by Gasteiger charge is 2.14. The van der Waals surface area contributed by atoms with Crippen LogP contribution in [0.3, 0.4) is 0 Å². The molecule has 0 N–H and O–H groups in total. The third-order valence-electron chi connectivity index (χ3n) is 2.85. The molecule has 2 aromatic rings. The van der Waals surface area contributed by atoms with Crippen molar-refractivity contribution in [2.75, 3.05) is 0 Å². The Morgan fingerprint density at radius 2 is 1.95 bits per heavy atom. The van der Waals surface area contributed by atoms with Gasteiger partial charge in [-0.05, 0) is 13.8 Å². The number of ether oxygens (including phenoxy) is 1. The molecule has 19 heavy (non-hydrogen) atoms. The third-order valence-corrected chi connectivity index (χ3v) is 3.05. The molecule has 0 amide bonds. The van der Waals surface area contributed by atoms with Gasteiger partial charge in [-0.15, -0.1) is 0 Å². The molecule has 0 spiro atoms. The van der Waals surface area contributed by atoms with Crippen molar-refractivity contribution in [1.29, 1.82) is 0 Å². The van der Waals surface area contributed by atoms with Crippen LogP contribution in [0.1, 0.15) is 37.0 Å². The molecule has 0 aliphatic carbocycles. The zero-order valence-electron chi connectivity index (χ0n) is 11.7. The number of aryl methyl sites for hydroxylation is 2. The summed E-state index contributed by atoms with van der Waals surface area (Å²) in [5.74, 6) is 2.02. The van der Waals surface area contributed by atoms with Gasteiger partial charge in [-0.2, -0.15) is 10.1 Å². The quantitative estimate of drug-likeness (QED) is 0.809. The first-order valence-corrected chi connectivity index (χ1v) is 6.48. The van der Waals surface area contributed by atoms with Crippen LogP contribution in [0.2, 0.25) is 5.15 Å². The molecule has 6 heteroatoms. The molecule has 5 nitrogen and oxygen atoms in total. The van der Waals surface area contributed by atoms with E-state index in [1.165, 1.54) is 0 Å². The van der Waals surface area contributed by atoms with E-state index in [2.05, 4.69) is 15.1 Å². The Hall–Kier alpha value is -1.62. The Labute approximate surface area is 117 Å². The number of nitrogens with zero attached hydrogens (tertiary/aromatic N) is 4. The van der Waals surface area contributed by atoms with Crippen molar-refractivity contribution in [3.05, 3.63) is 28.4 Å². The first-order valence-electron chi connectivity index (χ1n) is 6.11. The van der Waals surface area contributed by atoms with E-state index < -0.39 is 0 Å². The normalized spacial score (nSPS) is 11.1. The molecule has 0 saturated heterocycles. The maximum absolute atomic E-state index is 5.99. The predicted molar refractivity (Wildman–Crippen MR) is 73.9 cm³/mol. The lowest BCUT2D eigenvalue weighted by atomic mass is 10.2. The lowest BCUT2D eigenvalue weighted by Crippen LogP contribution is -2.00. The van der Waals surface area contributed by atoms with E-state index in [9.17, 15) is 0 Å². The average Bonchev–Trinajstić information content (AvgIpc) is 2.55. The van der Waals surface area contributed by atoms with E-state index >= 15 is 0 Å². The summed E-state index contributed by atoms with van der Waals surface area (Å²) in [4.78, 5) is 8.54. The number of hydrogen-bond acceptors (Lipinski definition) is 4. The van der Waals surface area contributed by atoms with Gasteiger partial charge in [-0.3, -0.25) is 4.68 Å². The molecule has 102 valence electrons. The minimum atomic E-state index is 0.192. The van der Waals surface area contributed by atoms with Crippen molar-refractivity contribution in [2.45, 2.75) is 33.6 Å². The van der Waals surface area contributed by atoms with Gasteiger partial charge in [0.1, 0.15) is 16.7 Å². The molecule has 0 bridgehead atoms. The number of halogens is 1. The molecule has 0 aliphatic rings. The van der Waals surface area contributed by atoms with Gasteiger partial charge in [0, 0.05) is 19.0 Å². The van der Waals surface area contributed by atoms with Crippen LogP contribution in [-0.4, -0.2) is 19.7 Å². The number of hydrogen-bond donors (Lipinski definition) is 0. The van der Waals surface area contributed by atoms with Crippen LogP contribution < -0.4 is 4.74 Å². The van der Waals surface area contributed by atoms with Crippen LogP contribution in [0, 0.1) is 13.8 Å². The molecular formula is C13H17ClN4O. The maximum Gasteiger partial charge on any atom is 0.224 e. The average molecular weight is 281 g/mol. The second-order valence-corrected chi connectivity index (χ2v) is 5.15. The topological polar surface area (TPSA) is 52.8 Å². The van der Waals surface area contributed by atoms with Gasteiger partial charge in [0.05, 0.1) is 5.69 Å². The first-order chi connectivity index (χ1) is 8.88. The summed E-state index contributed by atoms with van der Waals surface area (Å²) in [7, 11) is 1.88. The summed E-state index contributed by atoms with van der Waals surface area (Å²) in [6.45, 7) is 7.86. The van der Waals surface area contributed by atoms with Crippen LogP contribution in [0.15, 0.2) is 6.07 Å². The third kappa shape index (κ3) is 2.87. The summed E-state index contributed by atoms with van der Waals surface area (Å²) >= 11 is 5.99. The highest BCUT2D eigenvalue weighted by atomic mass is 35.5. The van der Waals surface area contributed by atoms with Gasteiger partial charge in [-0.25, -0.2) is 4.98 Å². The smallest absolute Gasteiger partial charge is 0.224 e. The van der Waals surface area contributed by atoms with Gasteiger partial charge in [0.2, 0.25) is 5.88 Å². The van der Waals surface area contributed by atoms with E-state index in [0.29, 0.717) is 22.6 Å². The van der Waals surface area contributed by atoms with Crippen LogP contribution >= 0.6 is 11.6 Å². The van der Waals surface area contributed by atoms with Gasteiger partial charge in [-0.1, -0.05) is 25.4 Å². The van der Waals surface area contributed by atoms with Crippen molar-refractivity contribution >= 4 is 11.6 Å². The molecule has 0 radical (unpaired) electrons. The Bertz CT molecular complexity index is 607. The SMILES string of the molecule is Cc1nn(C)c(C)c1Oc1cc(Cl)nc(C(C)C)n1. The minimum Gasteiger partial charge on any atom is -0.435 e. The second-order valence-electron chi connectivity index (χ2n) is 4.77. The Morgan fingerprint density at radius 1 is 1.26 bits per heavy atom. The van der Waals surface area contributed by atoms with Gasteiger partial charge in [0.15, 0.2) is 5.75 Å². The van der Waals surface area contributed by atoms with Crippen molar-refractivity contribution in [3.8, 4) is 11.6 Å². The van der Waals surface area contributed by atoms with E-state index in [4.69, 9.17) is 16.3 Å². The van der Waals surface area contributed by atoms with Gasteiger partial charge >= 0.3 is 0 Å². The molecule has 0 aliphatic heterocycles. The summed E-state index contributed by atoms with van der Waals surface area (Å²) < 4.78 is 7.59. The first kappa shape index (κ1) is 13.8. The minimum absolute atomic E-state index is 0.192. The Balaban J connectivity index is 2.38. The highest BCUT2D eigenvalue weighted by molar-refractivity contribution is 6.29. The monoisotopic (exact) mass is 280 g/mol. The van der Waals surface area contributed by atoms with Crippen molar-refractivity contribution in [2.24, 2.45) is 7.05 Å². The fraction of sp³-hybridized carbons (Fsp3) is 0.462. The van der Waals surface area contributed by atoms with E-state index in [1.807, 2.05) is 34.7 Å². The maximum atomic E-state index is 5.99. The fourth-order valence-electron chi connectivity index (χ4n) is 1.73. The van der Waals surface area contributed by atoms with Gasteiger partial charge < -0.3 is 4.74 Å². The lowest BCUT2D eigenvalue weighted by Gasteiger charge is -2.09. The molecular weight excluding hydrogens is 264 g/mol. The number of aromatic nitrogens is 4. The molecule has 0 atom stereocenters. The Kier molecular flexibility index (Phi) is 3.75. The lowest BCUT2D eigenvalue weighted by molar-refractivity contribution is 0.449. The van der Waals surface area contributed by atoms with E-state index in [1.54, 1.807) is 10.7 Å². The predicted octanol–water partition coefficient (Wildman–Crippen LogP) is 3.40. The highest BCUT2D eigenvalue weighted by Crippen LogP contribution is 2.28. The molecule has 2 aromatic heterocycles. The molecule has 0 aromatic carbocycles. The van der Waals surface area contributed by atoms with Crippen LogP contribution in [-0.2, 0) is 7.05 Å². The van der Waals surface area contributed by atoms with E-state index in [0.717, 1.165) is 11.4 Å². The standard InChI is InChI=1S/C13H17ClN4O/c1-7(2)13-15-10(14)6-11(16-13)19-12-8(3)17-18(5)9(12)4/h6-7H,1-5H3. The Morgan fingerprint density at radius 3 is 2.47 bits per heavy atom. The van der Waals surface area contributed by atoms with Crippen LogP contribution in [0.5, 0.6) is 11.6 Å². The fourth-order valence-corrected chi connectivity index (χ4v) is 1.91. The largest absolute Gasteiger partial charge is 0.435 e. The van der Waals surface area contributed by atoms with Gasteiger partial charge in [0.25, 0.3) is 0 Å². The summed E-state index contributed by atoms with van der Waals surface area (Å²) in [6.07, 6.45) is 0. The summed E-state index contributed by atoms with van der Waals surface area (Å²) in [5, 5.41) is 4.68. The van der Waals surface area contributed by atoms with Crippen LogP contribution in [0.25, 0.3) is 0 Å². The van der Waals surface area contributed by atoms with E-state index in [-0.39, 0.29) is 5.92 Å². The second kappa shape index (κ2) is 5.17. The number of rotatable bonds is 3. The zero-order valence-corrected chi connectivity index (χ0v) is 12.5. The zero-order chi connectivity index (χ0) is 14.2.